The average Bonchev–Trinajstić information content (AvgIpc) is 2.49. The van der Waals surface area contributed by atoms with Crippen molar-refractivity contribution < 1.29 is 0 Å². The Balaban J connectivity index is 1.91. The van der Waals surface area contributed by atoms with E-state index in [0.717, 1.165) is 24.3 Å². The summed E-state index contributed by atoms with van der Waals surface area (Å²) >= 11 is 0. The Bertz CT molecular complexity index is 577. The van der Waals surface area contributed by atoms with Gasteiger partial charge in [-0.15, -0.1) is 0 Å². The Kier molecular flexibility index (Phi) is 3.75. The highest BCUT2D eigenvalue weighted by molar-refractivity contribution is 5.83. The van der Waals surface area contributed by atoms with E-state index < -0.39 is 0 Å². The van der Waals surface area contributed by atoms with Crippen LogP contribution in [0.1, 0.15) is 51.0 Å². The van der Waals surface area contributed by atoms with Gasteiger partial charge in [0.2, 0.25) is 0 Å². The quantitative estimate of drug-likeness (QED) is 0.897. The minimum Gasteiger partial charge on any atom is -0.321 e. The zero-order valence-corrected chi connectivity index (χ0v) is 12.3. The van der Waals surface area contributed by atoms with Gasteiger partial charge in [-0.25, -0.2) is 0 Å². The Morgan fingerprint density at radius 1 is 1.20 bits per heavy atom. The molecule has 106 valence electrons. The molecule has 2 heteroatoms. The SMILES string of the molecule is CCCC1CCC(N)(c2cccc3ncccc23)CC1. The molecule has 0 amide bonds. The molecule has 1 aliphatic rings. The third-order valence-corrected chi connectivity index (χ3v) is 4.88. The first-order chi connectivity index (χ1) is 9.73. The summed E-state index contributed by atoms with van der Waals surface area (Å²) < 4.78 is 0. The molecule has 0 radical (unpaired) electrons. The first-order valence-electron chi connectivity index (χ1n) is 7.86. The van der Waals surface area contributed by atoms with E-state index in [4.69, 9.17) is 5.73 Å². The lowest BCUT2D eigenvalue weighted by atomic mass is 9.71. The van der Waals surface area contributed by atoms with E-state index in [1.165, 1.54) is 36.6 Å². The van der Waals surface area contributed by atoms with Crippen molar-refractivity contribution in [3.05, 3.63) is 42.1 Å². The van der Waals surface area contributed by atoms with Crippen molar-refractivity contribution in [1.29, 1.82) is 0 Å². The van der Waals surface area contributed by atoms with Crippen LogP contribution >= 0.6 is 0 Å². The van der Waals surface area contributed by atoms with Crippen LogP contribution in [0.4, 0.5) is 0 Å². The van der Waals surface area contributed by atoms with Gasteiger partial charge in [-0.05, 0) is 49.3 Å². The van der Waals surface area contributed by atoms with E-state index >= 15 is 0 Å². The maximum absolute atomic E-state index is 6.78. The lowest BCUT2D eigenvalue weighted by Crippen LogP contribution is -2.40. The fraction of sp³-hybridized carbons (Fsp3) is 0.500. The van der Waals surface area contributed by atoms with Crippen molar-refractivity contribution >= 4 is 10.9 Å². The summed E-state index contributed by atoms with van der Waals surface area (Å²) in [5.41, 5.74) is 8.97. The van der Waals surface area contributed by atoms with Crippen molar-refractivity contribution in [3.8, 4) is 0 Å². The van der Waals surface area contributed by atoms with Crippen molar-refractivity contribution in [1.82, 2.24) is 4.98 Å². The molecule has 3 rings (SSSR count). The number of benzene rings is 1. The molecule has 0 bridgehead atoms. The van der Waals surface area contributed by atoms with Crippen molar-refractivity contribution in [2.24, 2.45) is 11.7 Å². The number of hydrogen-bond acceptors (Lipinski definition) is 2. The number of fused-ring (bicyclic) bond motifs is 1. The van der Waals surface area contributed by atoms with Crippen molar-refractivity contribution in [3.63, 3.8) is 0 Å². The van der Waals surface area contributed by atoms with Crippen LogP contribution < -0.4 is 5.73 Å². The third kappa shape index (κ3) is 2.45. The van der Waals surface area contributed by atoms with Crippen LogP contribution in [0.25, 0.3) is 10.9 Å². The molecule has 2 nitrogen and oxygen atoms in total. The van der Waals surface area contributed by atoms with Crippen LogP contribution in [0, 0.1) is 5.92 Å². The van der Waals surface area contributed by atoms with E-state index in [0.29, 0.717) is 0 Å². The van der Waals surface area contributed by atoms with E-state index in [2.05, 4.69) is 36.2 Å². The summed E-state index contributed by atoms with van der Waals surface area (Å²) in [5, 5.41) is 1.23. The summed E-state index contributed by atoms with van der Waals surface area (Å²) in [6.07, 6.45) is 9.24. The molecule has 0 spiro atoms. The van der Waals surface area contributed by atoms with Crippen LogP contribution in [0.3, 0.4) is 0 Å². The number of rotatable bonds is 3. The van der Waals surface area contributed by atoms with Gasteiger partial charge in [0.15, 0.2) is 0 Å². The minimum atomic E-state index is -0.160. The predicted octanol–water partition coefficient (Wildman–Crippen LogP) is 4.38. The van der Waals surface area contributed by atoms with E-state index in [9.17, 15) is 0 Å². The van der Waals surface area contributed by atoms with Crippen LogP contribution in [-0.4, -0.2) is 4.98 Å². The second-order valence-electron chi connectivity index (χ2n) is 6.26. The zero-order chi connectivity index (χ0) is 14.0. The van der Waals surface area contributed by atoms with Gasteiger partial charge in [0.1, 0.15) is 0 Å². The fourth-order valence-corrected chi connectivity index (χ4v) is 3.70. The Morgan fingerprint density at radius 3 is 2.75 bits per heavy atom. The van der Waals surface area contributed by atoms with Gasteiger partial charge >= 0.3 is 0 Å². The second kappa shape index (κ2) is 5.53. The molecular weight excluding hydrogens is 244 g/mol. The molecule has 1 saturated carbocycles. The van der Waals surface area contributed by atoms with E-state index in [-0.39, 0.29) is 5.54 Å². The summed E-state index contributed by atoms with van der Waals surface area (Å²) in [6, 6.07) is 10.5. The van der Waals surface area contributed by atoms with Crippen molar-refractivity contribution in [2.75, 3.05) is 0 Å². The number of nitrogens with two attached hydrogens (primary N) is 1. The molecular formula is C18H24N2. The summed E-state index contributed by atoms with van der Waals surface area (Å²) in [6.45, 7) is 2.28. The van der Waals surface area contributed by atoms with Gasteiger partial charge < -0.3 is 5.73 Å². The summed E-state index contributed by atoms with van der Waals surface area (Å²) in [5.74, 6) is 0.879. The predicted molar refractivity (Wildman–Crippen MR) is 84.5 cm³/mol. The minimum absolute atomic E-state index is 0.160. The molecule has 2 aromatic rings. The molecule has 0 aliphatic heterocycles. The lowest BCUT2D eigenvalue weighted by molar-refractivity contribution is 0.227. The maximum Gasteiger partial charge on any atom is 0.0705 e. The third-order valence-electron chi connectivity index (χ3n) is 4.88. The Labute approximate surface area is 121 Å². The first kappa shape index (κ1) is 13.6. The monoisotopic (exact) mass is 268 g/mol. The van der Waals surface area contributed by atoms with Gasteiger partial charge in [-0.2, -0.15) is 0 Å². The standard InChI is InChI=1S/C18H24N2/c1-2-5-14-9-11-18(19,12-10-14)16-7-3-8-17-15(16)6-4-13-20-17/h3-4,6-8,13-14H,2,5,9-12,19H2,1H3. The Hall–Kier alpha value is -1.41. The zero-order valence-electron chi connectivity index (χ0n) is 12.3. The van der Waals surface area contributed by atoms with Crippen LogP contribution in [-0.2, 0) is 5.54 Å². The van der Waals surface area contributed by atoms with Crippen LogP contribution in [0.5, 0.6) is 0 Å². The molecule has 1 fully saturated rings. The first-order valence-corrected chi connectivity index (χ1v) is 7.86. The molecule has 1 aromatic heterocycles. The number of hydrogen-bond donors (Lipinski definition) is 1. The number of aromatic nitrogens is 1. The molecule has 2 N–H and O–H groups in total. The Morgan fingerprint density at radius 2 is 2.00 bits per heavy atom. The highest BCUT2D eigenvalue weighted by atomic mass is 14.8. The van der Waals surface area contributed by atoms with E-state index in [1.54, 1.807) is 0 Å². The molecule has 1 aliphatic carbocycles. The van der Waals surface area contributed by atoms with Gasteiger partial charge in [0.05, 0.1) is 5.52 Å². The van der Waals surface area contributed by atoms with Crippen LogP contribution in [0.15, 0.2) is 36.5 Å². The molecule has 1 aromatic carbocycles. The molecule has 0 saturated heterocycles. The highest BCUT2D eigenvalue weighted by Gasteiger charge is 2.33. The van der Waals surface area contributed by atoms with Gasteiger partial charge in [0, 0.05) is 17.1 Å². The smallest absolute Gasteiger partial charge is 0.0705 e. The number of nitrogens with zero attached hydrogens (tertiary/aromatic N) is 1. The largest absolute Gasteiger partial charge is 0.321 e. The molecule has 0 atom stereocenters. The molecule has 1 heterocycles. The fourth-order valence-electron chi connectivity index (χ4n) is 3.70. The average molecular weight is 268 g/mol. The molecule has 0 unspecified atom stereocenters. The van der Waals surface area contributed by atoms with E-state index in [1.807, 2.05) is 12.3 Å². The lowest BCUT2D eigenvalue weighted by Gasteiger charge is -2.38. The molecule has 20 heavy (non-hydrogen) atoms. The highest BCUT2D eigenvalue weighted by Crippen LogP contribution is 2.41. The normalized spacial score (nSPS) is 26.8. The topological polar surface area (TPSA) is 38.9 Å². The summed E-state index contributed by atoms with van der Waals surface area (Å²) in [7, 11) is 0. The number of pyridine rings is 1. The van der Waals surface area contributed by atoms with Crippen molar-refractivity contribution in [2.45, 2.75) is 51.0 Å². The summed E-state index contributed by atoms with van der Waals surface area (Å²) in [4.78, 5) is 4.46. The van der Waals surface area contributed by atoms with Crippen LogP contribution in [0.2, 0.25) is 0 Å². The maximum atomic E-state index is 6.78. The van der Waals surface area contributed by atoms with Gasteiger partial charge in [0.25, 0.3) is 0 Å². The van der Waals surface area contributed by atoms with Gasteiger partial charge in [-0.3, -0.25) is 4.98 Å². The van der Waals surface area contributed by atoms with Gasteiger partial charge in [-0.1, -0.05) is 38.0 Å². The second-order valence-corrected chi connectivity index (χ2v) is 6.26.